The van der Waals surface area contributed by atoms with Crippen molar-refractivity contribution in [3.63, 3.8) is 0 Å². The number of hydrogen-bond acceptors (Lipinski definition) is 3. The van der Waals surface area contributed by atoms with Gasteiger partial charge in [-0.3, -0.25) is 4.72 Å². The van der Waals surface area contributed by atoms with Gasteiger partial charge in [-0.25, -0.2) is 8.42 Å². The van der Waals surface area contributed by atoms with E-state index in [-0.39, 0.29) is 6.04 Å². The highest BCUT2D eigenvalue weighted by molar-refractivity contribution is 14.1. The molecule has 1 aromatic rings. The molecule has 0 saturated carbocycles. The first-order chi connectivity index (χ1) is 8.72. The summed E-state index contributed by atoms with van der Waals surface area (Å²) in [6.07, 6.45) is 0. The van der Waals surface area contributed by atoms with Crippen LogP contribution in [0.15, 0.2) is 18.2 Å². The summed E-state index contributed by atoms with van der Waals surface area (Å²) in [7, 11) is -3.44. The van der Waals surface area contributed by atoms with Gasteiger partial charge in [-0.05, 0) is 47.7 Å². The molecule has 0 fully saturated rings. The van der Waals surface area contributed by atoms with Crippen molar-refractivity contribution in [1.29, 1.82) is 0 Å². The summed E-state index contributed by atoms with van der Waals surface area (Å²) in [6.45, 7) is 6.01. The van der Waals surface area contributed by atoms with Crippen LogP contribution in [0.2, 0.25) is 5.02 Å². The van der Waals surface area contributed by atoms with Crippen LogP contribution in [-0.2, 0) is 10.0 Å². The zero-order valence-corrected chi connectivity index (χ0v) is 14.8. The topological polar surface area (TPSA) is 58.2 Å². The minimum Gasteiger partial charge on any atom is -0.313 e. The van der Waals surface area contributed by atoms with E-state index < -0.39 is 15.3 Å². The molecule has 19 heavy (non-hydrogen) atoms. The third-order valence-corrected chi connectivity index (χ3v) is 5.24. The number of halogens is 2. The van der Waals surface area contributed by atoms with E-state index in [1.807, 2.05) is 13.8 Å². The molecule has 0 aliphatic carbocycles. The minimum absolute atomic E-state index is 0.250. The zero-order chi connectivity index (χ0) is 14.6. The van der Waals surface area contributed by atoms with E-state index in [1.165, 1.54) is 0 Å². The van der Waals surface area contributed by atoms with E-state index in [4.69, 9.17) is 11.6 Å². The Morgan fingerprint density at radius 1 is 1.32 bits per heavy atom. The molecule has 7 heteroatoms. The number of sulfonamides is 1. The van der Waals surface area contributed by atoms with Gasteiger partial charge in [0.25, 0.3) is 0 Å². The standard InChI is InChI=1S/C12H18ClIN2O2S/c1-8(2)15-7-9(3)19(17,18)16-12-5-4-10(14)6-11(12)13/h4-6,8-9,15-16H,7H2,1-3H3. The first-order valence-electron chi connectivity index (χ1n) is 5.92. The number of benzene rings is 1. The number of anilines is 1. The van der Waals surface area contributed by atoms with Gasteiger partial charge in [0.1, 0.15) is 0 Å². The molecule has 1 rings (SSSR count). The highest BCUT2D eigenvalue weighted by Gasteiger charge is 2.21. The Morgan fingerprint density at radius 3 is 2.47 bits per heavy atom. The van der Waals surface area contributed by atoms with E-state index in [0.29, 0.717) is 17.3 Å². The van der Waals surface area contributed by atoms with Crippen molar-refractivity contribution in [1.82, 2.24) is 5.32 Å². The van der Waals surface area contributed by atoms with Crippen LogP contribution in [0.4, 0.5) is 5.69 Å². The molecule has 2 N–H and O–H groups in total. The third kappa shape index (κ3) is 5.45. The number of nitrogens with one attached hydrogen (secondary N) is 2. The fraction of sp³-hybridized carbons (Fsp3) is 0.500. The van der Waals surface area contributed by atoms with E-state index in [9.17, 15) is 8.42 Å². The van der Waals surface area contributed by atoms with Gasteiger partial charge in [-0.15, -0.1) is 0 Å². The van der Waals surface area contributed by atoms with Gasteiger partial charge in [-0.2, -0.15) is 0 Å². The van der Waals surface area contributed by atoms with Crippen molar-refractivity contribution in [3.05, 3.63) is 26.8 Å². The monoisotopic (exact) mass is 416 g/mol. The van der Waals surface area contributed by atoms with Gasteiger partial charge in [0, 0.05) is 16.2 Å². The normalized spacial score (nSPS) is 13.6. The molecule has 0 aromatic heterocycles. The average molecular weight is 417 g/mol. The summed E-state index contributed by atoms with van der Waals surface area (Å²) < 4.78 is 27.8. The van der Waals surface area contributed by atoms with E-state index in [2.05, 4.69) is 32.6 Å². The van der Waals surface area contributed by atoms with Gasteiger partial charge in [-0.1, -0.05) is 25.4 Å². The van der Waals surface area contributed by atoms with Crippen LogP contribution in [0.3, 0.4) is 0 Å². The molecule has 0 bridgehead atoms. The van der Waals surface area contributed by atoms with Gasteiger partial charge < -0.3 is 5.32 Å². The zero-order valence-electron chi connectivity index (χ0n) is 11.1. The lowest BCUT2D eigenvalue weighted by Gasteiger charge is -2.17. The summed E-state index contributed by atoms with van der Waals surface area (Å²) in [6, 6.07) is 5.45. The largest absolute Gasteiger partial charge is 0.313 e. The van der Waals surface area contributed by atoms with E-state index in [1.54, 1.807) is 25.1 Å². The lowest BCUT2D eigenvalue weighted by atomic mass is 10.3. The second-order valence-corrected chi connectivity index (χ2v) is 8.40. The molecule has 108 valence electrons. The Bertz CT molecular complexity index is 535. The fourth-order valence-corrected chi connectivity index (χ4v) is 3.30. The molecule has 1 unspecified atom stereocenters. The average Bonchev–Trinajstić information content (AvgIpc) is 2.29. The maximum Gasteiger partial charge on any atom is 0.236 e. The first-order valence-corrected chi connectivity index (χ1v) is 8.92. The lowest BCUT2D eigenvalue weighted by Crippen LogP contribution is -2.37. The summed E-state index contributed by atoms with van der Waals surface area (Å²) in [4.78, 5) is 0. The Morgan fingerprint density at radius 2 is 1.95 bits per heavy atom. The summed E-state index contributed by atoms with van der Waals surface area (Å²) in [5.41, 5.74) is 0.415. The van der Waals surface area contributed by atoms with Crippen LogP contribution in [0.5, 0.6) is 0 Å². The SMILES string of the molecule is CC(C)NCC(C)S(=O)(=O)Nc1ccc(I)cc1Cl. The van der Waals surface area contributed by atoms with Crippen molar-refractivity contribution < 1.29 is 8.42 Å². The number of rotatable bonds is 6. The van der Waals surface area contributed by atoms with Crippen LogP contribution in [0, 0.1) is 3.57 Å². The van der Waals surface area contributed by atoms with Gasteiger partial charge >= 0.3 is 0 Å². The highest BCUT2D eigenvalue weighted by Crippen LogP contribution is 2.25. The van der Waals surface area contributed by atoms with Crippen LogP contribution in [0.25, 0.3) is 0 Å². The Labute approximate surface area is 133 Å². The van der Waals surface area contributed by atoms with Gasteiger partial charge in [0.05, 0.1) is 16.0 Å². The van der Waals surface area contributed by atoms with Crippen LogP contribution in [-0.4, -0.2) is 26.3 Å². The smallest absolute Gasteiger partial charge is 0.236 e. The maximum absolute atomic E-state index is 12.1. The van der Waals surface area contributed by atoms with Gasteiger partial charge in [0.15, 0.2) is 0 Å². The predicted molar refractivity (Wildman–Crippen MR) is 89.3 cm³/mol. The molecule has 1 aromatic carbocycles. The number of hydrogen-bond donors (Lipinski definition) is 2. The lowest BCUT2D eigenvalue weighted by molar-refractivity contribution is 0.553. The van der Waals surface area contributed by atoms with Crippen LogP contribution in [0.1, 0.15) is 20.8 Å². The molecule has 0 saturated heterocycles. The Hall–Kier alpha value is -0.0500. The summed E-state index contributed by atoms with van der Waals surface area (Å²) in [5.74, 6) is 0. The van der Waals surface area contributed by atoms with E-state index >= 15 is 0 Å². The first kappa shape index (κ1) is 17.0. The fourth-order valence-electron chi connectivity index (χ4n) is 1.34. The van der Waals surface area contributed by atoms with Crippen molar-refractivity contribution in [2.45, 2.75) is 32.1 Å². The molecular formula is C12H18ClIN2O2S. The highest BCUT2D eigenvalue weighted by atomic mass is 127. The molecule has 0 spiro atoms. The third-order valence-electron chi connectivity index (χ3n) is 2.53. The van der Waals surface area contributed by atoms with Crippen molar-refractivity contribution in [2.75, 3.05) is 11.3 Å². The molecular weight excluding hydrogens is 399 g/mol. The van der Waals surface area contributed by atoms with Gasteiger partial charge in [0.2, 0.25) is 10.0 Å². The quantitative estimate of drug-likeness (QED) is 0.701. The molecule has 1 atom stereocenters. The Balaban J connectivity index is 2.78. The molecule has 0 amide bonds. The maximum atomic E-state index is 12.1. The molecule has 0 radical (unpaired) electrons. The molecule has 0 aliphatic heterocycles. The van der Waals surface area contributed by atoms with Crippen LogP contribution >= 0.6 is 34.2 Å². The predicted octanol–water partition coefficient (Wildman–Crippen LogP) is 3.07. The minimum atomic E-state index is -3.44. The summed E-state index contributed by atoms with van der Waals surface area (Å²) in [5, 5.41) is 2.97. The molecule has 0 aliphatic rings. The second-order valence-electron chi connectivity index (χ2n) is 4.64. The van der Waals surface area contributed by atoms with Crippen molar-refractivity contribution in [2.24, 2.45) is 0 Å². The second kappa shape index (κ2) is 7.10. The molecule has 0 heterocycles. The van der Waals surface area contributed by atoms with Crippen molar-refractivity contribution >= 4 is 49.9 Å². The summed E-state index contributed by atoms with van der Waals surface area (Å²) >= 11 is 8.14. The molecule has 4 nitrogen and oxygen atoms in total. The Kier molecular flexibility index (Phi) is 6.35. The van der Waals surface area contributed by atoms with Crippen LogP contribution < -0.4 is 10.0 Å². The van der Waals surface area contributed by atoms with E-state index in [0.717, 1.165) is 3.57 Å². The van der Waals surface area contributed by atoms with Crippen molar-refractivity contribution in [3.8, 4) is 0 Å².